The first-order valence-corrected chi connectivity index (χ1v) is 11.9. The van der Waals surface area contributed by atoms with Crippen LogP contribution in [0.15, 0.2) is 77.5 Å². The second kappa shape index (κ2) is 9.93. The van der Waals surface area contributed by atoms with Gasteiger partial charge >= 0.3 is 5.97 Å². The van der Waals surface area contributed by atoms with Crippen LogP contribution in [0.4, 0.5) is 5.69 Å². The number of carbonyl (C=O) groups excluding carboxylic acids is 4. The van der Waals surface area contributed by atoms with E-state index in [2.05, 4.69) is 0 Å². The van der Waals surface area contributed by atoms with Crippen molar-refractivity contribution < 1.29 is 23.9 Å². The van der Waals surface area contributed by atoms with Crippen molar-refractivity contribution in [3.63, 3.8) is 0 Å². The van der Waals surface area contributed by atoms with Gasteiger partial charge in [-0.2, -0.15) is 0 Å². The number of esters is 1. The van der Waals surface area contributed by atoms with Crippen molar-refractivity contribution in [3.8, 4) is 0 Å². The number of anilines is 1. The number of methoxy groups -OCH3 is 1. The Bertz CT molecular complexity index is 1290. The number of para-hydroxylation sites is 1. The number of carbonyl (C=O) groups is 4. The number of nitrogens with zero attached hydrogens (tertiary/aromatic N) is 2. The molecule has 0 aromatic heterocycles. The van der Waals surface area contributed by atoms with Crippen LogP contribution in [0.1, 0.15) is 44.7 Å². The van der Waals surface area contributed by atoms with Gasteiger partial charge in [-0.05, 0) is 36.1 Å². The van der Waals surface area contributed by atoms with Gasteiger partial charge in [0.05, 0.1) is 29.5 Å². The van der Waals surface area contributed by atoms with Gasteiger partial charge < -0.3 is 9.64 Å². The second-order valence-corrected chi connectivity index (χ2v) is 9.24. The molecule has 2 aromatic rings. The molecule has 2 aromatic carbocycles. The van der Waals surface area contributed by atoms with E-state index in [-0.39, 0.29) is 29.6 Å². The van der Waals surface area contributed by atoms with E-state index in [1.165, 1.54) is 27.9 Å². The third kappa shape index (κ3) is 4.37. The van der Waals surface area contributed by atoms with Crippen LogP contribution < -0.4 is 4.90 Å². The van der Waals surface area contributed by atoms with Crippen molar-refractivity contribution in [2.24, 2.45) is 0 Å². The summed E-state index contributed by atoms with van der Waals surface area (Å²) in [6, 6.07) is 17.2. The molecule has 36 heavy (non-hydrogen) atoms. The molecule has 1 unspecified atom stereocenters. The van der Waals surface area contributed by atoms with Crippen LogP contribution in [0.5, 0.6) is 0 Å². The van der Waals surface area contributed by atoms with E-state index >= 15 is 0 Å². The summed E-state index contributed by atoms with van der Waals surface area (Å²) in [7, 11) is 1.29. The van der Waals surface area contributed by atoms with Crippen LogP contribution in [0.2, 0.25) is 0 Å². The Morgan fingerprint density at radius 3 is 2.25 bits per heavy atom. The highest BCUT2D eigenvalue weighted by Crippen LogP contribution is 2.55. The van der Waals surface area contributed by atoms with Gasteiger partial charge in [0.2, 0.25) is 11.8 Å². The summed E-state index contributed by atoms with van der Waals surface area (Å²) in [6.45, 7) is 5.23. The van der Waals surface area contributed by atoms with E-state index in [9.17, 15) is 19.2 Å². The number of allylic oxidation sites excluding steroid dienone is 2. The SMILES string of the molecule is COC(=O)C1=C2N(C(C)=O)c3ccccc3C2(CCN(Cc2ccccc2)C(C)=O)C=C(C(C)=O)C1. The largest absolute Gasteiger partial charge is 0.466 e. The highest BCUT2D eigenvalue weighted by Gasteiger charge is 2.52. The van der Waals surface area contributed by atoms with Gasteiger partial charge in [-0.15, -0.1) is 0 Å². The number of amides is 2. The van der Waals surface area contributed by atoms with Crippen molar-refractivity contribution in [2.75, 3.05) is 18.6 Å². The number of ketones is 1. The van der Waals surface area contributed by atoms with E-state index in [0.29, 0.717) is 36.5 Å². The van der Waals surface area contributed by atoms with Crippen LogP contribution in [-0.2, 0) is 35.9 Å². The lowest BCUT2D eigenvalue weighted by atomic mass is 9.69. The third-order valence-corrected chi connectivity index (χ3v) is 6.98. The molecule has 186 valence electrons. The minimum atomic E-state index is -0.949. The Balaban J connectivity index is 1.88. The van der Waals surface area contributed by atoms with E-state index in [1.807, 2.05) is 60.7 Å². The van der Waals surface area contributed by atoms with E-state index in [1.54, 1.807) is 9.80 Å². The Kier molecular flexibility index (Phi) is 6.93. The molecule has 4 rings (SSSR count). The zero-order valence-corrected chi connectivity index (χ0v) is 21.0. The van der Waals surface area contributed by atoms with Gasteiger partial charge in [-0.1, -0.05) is 54.6 Å². The first kappa shape index (κ1) is 25.1. The second-order valence-electron chi connectivity index (χ2n) is 9.24. The van der Waals surface area contributed by atoms with E-state index in [4.69, 9.17) is 4.74 Å². The Morgan fingerprint density at radius 2 is 1.64 bits per heavy atom. The summed E-state index contributed by atoms with van der Waals surface area (Å²) < 4.78 is 5.10. The summed E-state index contributed by atoms with van der Waals surface area (Å²) in [5.41, 5.74) is 2.81. The number of hydrogen-bond acceptors (Lipinski definition) is 5. The van der Waals surface area contributed by atoms with Crippen molar-refractivity contribution >= 4 is 29.3 Å². The molecular weight excluding hydrogens is 456 g/mol. The predicted molar refractivity (Wildman–Crippen MR) is 136 cm³/mol. The third-order valence-electron chi connectivity index (χ3n) is 6.98. The molecule has 1 heterocycles. The molecule has 0 saturated carbocycles. The lowest BCUT2D eigenvalue weighted by Gasteiger charge is -2.37. The van der Waals surface area contributed by atoms with Gasteiger partial charge in [0.1, 0.15) is 0 Å². The maximum atomic E-state index is 13.0. The minimum absolute atomic E-state index is 0.0807. The van der Waals surface area contributed by atoms with Gasteiger partial charge in [-0.25, -0.2) is 4.79 Å². The zero-order chi connectivity index (χ0) is 26.0. The maximum Gasteiger partial charge on any atom is 0.335 e. The normalized spacial score (nSPS) is 18.2. The monoisotopic (exact) mass is 486 g/mol. The molecule has 7 heteroatoms. The van der Waals surface area contributed by atoms with Gasteiger partial charge in [0, 0.05) is 33.4 Å². The highest BCUT2D eigenvalue weighted by molar-refractivity contribution is 6.06. The number of ether oxygens (including phenoxy) is 1. The van der Waals surface area contributed by atoms with Crippen LogP contribution in [0, 0.1) is 0 Å². The fourth-order valence-corrected chi connectivity index (χ4v) is 5.30. The number of benzene rings is 2. The average Bonchev–Trinajstić information content (AvgIpc) is 3.16. The molecule has 7 nitrogen and oxygen atoms in total. The maximum absolute atomic E-state index is 13.0. The first-order chi connectivity index (χ1) is 17.2. The summed E-state index contributed by atoms with van der Waals surface area (Å²) >= 11 is 0. The van der Waals surface area contributed by atoms with Crippen molar-refractivity contribution in [1.82, 2.24) is 4.90 Å². The fourth-order valence-electron chi connectivity index (χ4n) is 5.30. The predicted octanol–water partition coefficient (Wildman–Crippen LogP) is 4.08. The lowest BCUT2D eigenvalue weighted by Crippen LogP contribution is -2.41. The van der Waals surface area contributed by atoms with Crippen molar-refractivity contribution in [1.29, 1.82) is 0 Å². The van der Waals surface area contributed by atoms with Crippen LogP contribution >= 0.6 is 0 Å². The van der Waals surface area contributed by atoms with E-state index in [0.717, 1.165) is 11.1 Å². The summed E-state index contributed by atoms with van der Waals surface area (Å²) in [6.07, 6.45) is 2.35. The Labute approximate surface area is 211 Å². The zero-order valence-electron chi connectivity index (χ0n) is 21.0. The number of hydrogen-bond donors (Lipinski definition) is 0. The Hall–Kier alpha value is -4.00. The molecule has 1 aliphatic heterocycles. The van der Waals surface area contributed by atoms with Crippen molar-refractivity contribution in [3.05, 3.63) is 88.6 Å². The highest BCUT2D eigenvalue weighted by atomic mass is 16.5. The first-order valence-electron chi connectivity index (χ1n) is 11.9. The average molecular weight is 487 g/mol. The molecule has 0 radical (unpaired) electrons. The van der Waals surface area contributed by atoms with Crippen LogP contribution in [0.3, 0.4) is 0 Å². The van der Waals surface area contributed by atoms with Gasteiger partial charge in [0.25, 0.3) is 0 Å². The molecule has 0 spiro atoms. The summed E-state index contributed by atoms with van der Waals surface area (Å²) in [5, 5.41) is 0. The molecule has 0 N–H and O–H groups in total. The lowest BCUT2D eigenvalue weighted by molar-refractivity contribution is -0.136. The summed E-state index contributed by atoms with van der Waals surface area (Å²) in [5.74, 6) is -1.06. The van der Waals surface area contributed by atoms with Gasteiger partial charge in [-0.3, -0.25) is 19.3 Å². The smallest absolute Gasteiger partial charge is 0.335 e. The molecule has 0 fully saturated rings. The van der Waals surface area contributed by atoms with E-state index < -0.39 is 11.4 Å². The fraction of sp³-hybridized carbons (Fsp3) is 0.310. The number of fused-ring (bicyclic) bond motifs is 3. The van der Waals surface area contributed by atoms with Crippen LogP contribution in [-0.4, -0.2) is 42.1 Å². The molecule has 1 atom stereocenters. The molecule has 0 bridgehead atoms. The molecular formula is C29H30N2O5. The molecule has 1 aliphatic carbocycles. The van der Waals surface area contributed by atoms with Crippen LogP contribution in [0.25, 0.3) is 0 Å². The minimum Gasteiger partial charge on any atom is -0.466 e. The standard InChI is InChI=1S/C29H30N2O5/c1-19(32)23-16-24(28(35)36-4)27-29(17-23,25-12-8-9-13-26(25)31(27)21(3)34)14-15-30(20(2)33)18-22-10-6-5-7-11-22/h5-13,17H,14-16,18H2,1-4H3. The van der Waals surface area contributed by atoms with Crippen molar-refractivity contribution in [2.45, 2.75) is 45.6 Å². The Morgan fingerprint density at radius 1 is 0.972 bits per heavy atom. The summed E-state index contributed by atoms with van der Waals surface area (Å²) in [4.78, 5) is 54.5. The molecule has 2 aliphatic rings. The molecule has 2 amide bonds. The van der Waals surface area contributed by atoms with Gasteiger partial charge in [0.15, 0.2) is 5.78 Å². The number of Topliss-reactive ketones (excluding diaryl/α,β-unsaturated/α-hetero) is 1. The topological polar surface area (TPSA) is 84.0 Å². The number of rotatable bonds is 7. The quantitative estimate of drug-likeness (QED) is 0.551. The molecule has 0 saturated heterocycles.